The predicted molar refractivity (Wildman–Crippen MR) is 70.0 cm³/mol. The van der Waals surface area contributed by atoms with Crippen molar-refractivity contribution in [3.05, 3.63) is 59.1 Å². The molecule has 0 radical (unpaired) electrons. The van der Waals surface area contributed by atoms with Crippen molar-refractivity contribution in [3.8, 4) is 11.1 Å². The van der Waals surface area contributed by atoms with Gasteiger partial charge in [0, 0.05) is 11.8 Å². The van der Waals surface area contributed by atoms with Crippen LogP contribution in [0.3, 0.4) is 0 Å². The number of fused-ring (bicyclic) bond motifs is 1. The number of nitrogen functional groups attached to an aromatic ring is 1. The molecule has 0 saturated carbocycles. The molecular formula is C15H10N2. The number of anilines is 1. The Morgan fingerprint density at radius 2 is 1.88 bits per heavy atom. The number of nitrogens with zero attached hydrogens (tertiary/aromatic N) is 1. The highest BCUT2D eigenvalue weighted by atomic mass is 14.8. The Bertz CT molecular complexity index is 669. The summed E-state index contributed by atoms with van der Waals surface area (Å²) < 4.78 is 0. The minimum atomic E-state index is 0.536. The van der Waals surface area contributed by atoms with E-state index in [1.54, 1.807) is 6.20 Å². The van der Waals surface area contributed by atoms with E-state index in [4.69, 9.17) is 5.73 Å². The molecule has 0 atom stereocenters. The van der Waals surface area contributed by atoms with Gasteiger partial charge < -0.3 is 5.73 Å². The number of rotatable bonds is 1. The van der Waals surface area contributed by atoms with Crippen molar-refractivity contribution in [2.24, 2.45) is 0 Å². The molecule has 2 nitrogen and oxygen atoms in total. The van der Waals surface area contributed by atoms with E-state index in [-0.39, 0.29) is 0 Å². The van der Waals surface area contributed by atoms with E-state index >= 15 is 0 Å². The lowest BCUT2D eigenvalue weighted by atomic mass is 9.95. The van der Waals surface area contributed by atoms with Crippen LogP contribution < -0.4 is 5.73 Å². The molecule has 1 aromatic carbocycles. The number of pyridine rings is 1. The molecule has 1 heterocycles. The zero-order valence-corrected chi connectivity index (χ0v) is 9.14. The summed E-state index contributed by atoms with van der Waals surface area (Å²) in [5, 5.41) is 0. The van der Waals surface area contributed by atoms with Gasteiger partial charge in [0.2, 0.25) is 0 Å². The van der Waals surface area contributed by atoms with E-state index in [0.717, 1.165) is 22.3 Å². The Morgan fingerprint density at radius 3 is 2.71 bits per heavy atom. The van der Waals surface area contributed by atoms with Crippen LogP contribution in [-0.4, -0.2) is 4.98 Å². The zero-order valence-electron chi connectivity index (χ0n) is 9.14. The third-order valence-corrected chi connectivity index (χ3v) is 2.76. The van der Waals surface area contributed by atoms with Crippen molar-refractivity contribution in [1.82, 2.24) is 4.98 Å². The Hall–Kier alpha value is -2.53. The van der Waals surface area contributed by atoms with Crippen LogP contribution in [0.25, 0.3) is 23.3 Å². The number of nitrogens with two attached hydrogens (primary N) is 1. The molecule has 0 unspecified atom stereocenters. The summed E-state index contributed by atoms with van der Waals surface area (Å²) in [6, 6.07) is 9.96. The topological polar surface area (TPSA) is 38.9 Å². The predicted octanol–water partition coefficient (Wildman–Crippen LogP) is 3.12. The van der Waals surface area contributed by atoms with Gasteiger partial charge in [0.05, 0.1) is 0 Å². The first kappa shape index (κ1) is 9.68. The Kier molecular flexibility index (Phi) is 2.16. The van der Waals surface area contributed by atoms with Gasteiger partial charge in [-0.3, -0.25) is 0 Å². The summed E-state index contributed by atoms with van der Waals surface area (Å²) >= 11 is 0. The molecule has 2 heteroatoms. The van der Waals surface area contributed by atoms with Gasteiger partial charge in [-0.15, -0.1) is 0 Å². The van der Waals surface area contributed by atoms with Gasteiger partial charge in [0.1, 0.15) is 5.82 Å². The number of hydrogen-bond donors (Lipinski definition) is 1. The average molecular weight is 218 g/mol. The fourth-order valence-corrected chi connectivity index (χ4v) is 1.92. The minimum absolute atomic E-state index is 0.536. The van der Waals surface area contributed by atoms with E-state index in [2.05, 4.69) is 28.6 Å². The molecule has 0 saturated heterocycles. The molecule has 17 heavy (non-hydrogen) atoms. The van der Waals surface area contributed by atoms with Crippen LogP contribution in [-0.2, 0) is 0 Å². The molecule has 1 aliphatic rings. The van der Waals surface area contributed by atoms with Gasteiger partial charge in [-0.1, -0.05) is 29.7 Å². The van der Waals surface area contributed by atoms with E-state index < -0.39 is 0 Å². The lowest BCUT2D eigenvalue weighted by Gasteiger charge is -2.09. The lowest BCUT2D eigenvalue weighted by molar-refractivity contribution is 1.33. The normalized spacial score (nSPS) is 11.5. The van der Waals surface area contributed by atoms with Gasteiger partial charge in [0.15, 0.2) is 0 Å². The minimum Gasteiger partial charge on any atom is -0.384 e. The van der Waals surface area contributed by atoms with Gasteiger partial charge in [-0.25, -0.2) is 4.98 Å². The van der Waals surface area contributed by atoms with Crippen molar-refractivity contribution in [3.63, 3.8) is 0 Å². The fraction of sp³-hybridized carbons (Fsp3) is 0. The highest BCUT2D eigenvalue weighted by Gasteiger charge is 2.07. The molecular weight excluding hydrogens is 208 g/mol. The van der Waals surface area contributed by atoms with Crippen molar-refractivity contribution in [2.45, 2.75) is 0 Å². The molecule has 0 fully saturated rings. The van der Waals surface area contributed by atoms with Crippen LogP contribution in [0.4, 0.5) is 5.82 Å². The fourth-order valence-electron chi connectivity index (χ4n) is 1.92. The standard InChI is InChI=1S/C15H10N2/c16-15-9-8-12(10-17-15)14-7-3-5-11-4-1-2-6-13(11)14/h3-10H,(H2,16,17). The maximum absolute atomic E-state index is 5.60. The Balaban J connectivity index is 2.21. The highest BCUT2D eigenvalue weighted by Crippen LogP contribution is 2.28. The van der Waals surface area contributed by atoms with Crippen LogP contribution in [0.2, 0.25) is 0 Å². The molecule has 2 N–H and O–H groups in total. The molecule has 0 bridgehead atoms. The molecule has 0 amide bonds. The molecule has 1 aliphatic carbocycles. The summed E-state index contributed by atoms with van der Waals surface area (Å²) in [5.74, 6) is 0.536. The van der Waals surface area contributed by atoms with Crippen molar-refractivity contribution >= 4 is 18.0 Å². The highest BCUT2D eigenvalue weighted by molar-refractivity contribution is 5.82. The van der Waals surface area contributed by atoms with Crippen LogP contribution in [0, 0.1) is 0 Å². The molecule has 0 spiro atoms. The summed E-state index contributed by atoms with van der Waals surface area (Å²) in [6.45, 7) is 0. The third kappa shape index (κ3) is 1.68. The van der Waals surface area contributed by atoms with Gasteiger partial charge in [0.25, 0.3) is 0 Å². The maximum atomic E-state index is 5.60. The third-order valence-electron chi connectivity index (χ3n) is 2.76. The molecule has 3 rings (SSSR count). The second-order valence-corrected chi connectivity index (χ2v) is 3.86. The first-order chi connectivity index (χ1) is 8.34. The quantitative estimate of drug-likeness (QED) is 0.637. The zero-order chi connectivity index (χ0) is 11.7. The van der Waals surface area contributed by atoms with Crippen molar-refractivity contribution in [1.29, 1.82) is 0 Å². The van der Waals surface area contributed by atoms with Crippen LogP contribution in [0.5, 0.6) is 0 Å². The molecule has 2 aromatic rings. The summed E-state index contributed by atoms with van der Waals surface area (Å²) in [4.78, 5) is 4.12. The van der Waals surface area contributed by atoms with Crippen LogP contribution in [0.15, 0.2) is 48.0 Å². The molecule has 1 aromatic heterocycles. The van der Waals surface area contributed by atoms with Crippen molar-refractivity contribution < 1.29 is 0 Å². The second-order valence-electron chi connectivity index (χ2n) is 3.86. The van der Waals surface area contributed by atoms with E-state index in [1.807, 2.05) is 30.4 Å². The largest absolute Gasteiger partial charge is 0.384 e. The first-order valence-electron chi connectivity index (χ1n) is 5.37. The Labute approximate surface area is 99.4 Å². The van der Waals surface area contributed by atoms with Crippen LogP contribution >= 0.6 is 0 Å². The summed E-state index contributed by atoms with van der Waals surface area (Å²) in [5.41, 5.74) is 16.0. The SMILES string of the molecule is Nc1ccc(-c2cccc3c2C=C=C=C3)cn1. The van der Waals surface area contributed by atoms with Gasteiger partial charge in [-0.2, -0.15) is 0 Å². The summed E-state index contributed by atoms with van der Waals surface area (Å²) in [7, 11) is 0. The molecule has 80 valence electrons. The van der Waals surface area contributed by atoms with E-state index in [0.29, 0.717) is 5.82 Å². The Morgan fingerprint density at radius 1 is 1.00 bits per heavy atom. The maximum Gasteiger partial charge on any atom is 0.123 e. The number of benzene rings is 1. The van der Waals surface area contributed by atoms with Gasteiger partial charge >= 0.3 is 0 Å². The monoisotopic (exact) mass is 218 g/mol. The van der Waals surface area contributed by atoms with E-state index in [1.165, 1.54) is 0 Å². The number of aromatic nitrogens is 1. The number of hydrogen-bond acceptors (Lipinski definition) is 2. The van der Waals surface area contributed by atoms with Crippen LogP contribution in [0.1, 0.15) is 11.1 Å². The lowest BCUT2D eigenvalue weighted by Crippen LogP contribution is -1.92. The summed E-state index contributed by atoms with van der Waals surface area (Å²) in [6.07, 6.45) is 5.67. The molecule has 0 aliphatic heterocycles. The van der Waals surface area contributed by atoms with Crippen molar-refractivity contribution in [2.75, 3.05) is 5.73 Å². The van der Waals surface area contributed by atoms with E-state index in [9.17, 15) is 0 Å². The smallest absolute Gasteiger partial charge is 0.123 e. The first-order valence-corrected chi connectivity index (χ1v) is 5.37. The average Bonchev–Trinajstić information content (AvgIpc) is 2.39. The second kappa shape index (κ2) is 3.80. The van der Waals surface area contributed by atoms with Gasteiger partial charge in [-0.05, 0) is 41.0 Å².